The molecule has 0 spiro atoms. The van der Waals surface area contributed by atoms with Crippen molar-refractivity contribution < 1.29 is 23.5 Å². The Balaban J connectivity index is 1.31. The molecule has 4 saturated heterocycles. The van der Waals surface area contributed by atoms with Crippen molar-refractivity contribution in [2.75, 3.05) is 46.4 Å². The minimum absolute atomic E-state index is 0.126. The van der Waals surface area contributed by atoms with Gasteiger partial charge >= 0.3 is 5.97 Å². The number of quaternary nitrogens is 1. The minimum Gasteiger partial charge on any atom is -0.497 e. The molecule has 6 heteroatoms. The van der Waals surface area contributed by atoms with Crippen molar-refractivity contribution in [3.05, 3.63) is 65.7 Å². The van der Waals surface area contributed by atoms with Gasteiger partial charge in [0, 0.05) is 24.3 Å². The van der Waals surface area contributed by atoms with Crippen LogP contribution in [-0.4, -0.2) is 73.6 Å². The number of methoxy groups -OCH3 is 1. The standard InChI is InChI=1S/C29H37N2O4/c1-34-25-12-10-24(11-13-25)28(30-16-6-3-7-17-30)29(33)35-27-21-31(18-14-23(27)15-19-31)20-26(32)22-8-4-2-5-9-22/h2,4-5,8-13,23,27-28H,3,6-7,14-21H2,1H3/q+1/t23?,27-,28?,31?/m0/s1. The van der Waals surface area contributed by atoms with Gasteiger partial charge < -0.3 is 14.0 Å². The summed E-state index contributed by atoms with van der Waals surface area (Å²) in [6.07, 6.45) is 5.31. The number of benzene rings is 2. The maximum atomic E-state index is 13.7. The zero-order chi connectivity index (χ0) is 24.3. The van der Waals surface area contributed by atoms with Gasteiger partial charge in [0.05, 0.1) is 20.2 Å². The van der Waals surface area contributed by atoms with E-state index in [0.717, 1.165) is 79.8 Å². The molecule has 1 unspecified atom stereocenters. The highest BCUT2D eigenvalue weighted by Crippen LogP contribution is 2.37. The average Bonchev–Trinajstić information content (AvgIpc) is 2.91. The van der Waals surface area contributed by atoms with E-state index >= 15 is 0 Å². The molecule has 0 aliphatic carbocycles. The van der Waals surface area contributed by atoms with Crippen molar-refractivity contribution in [3.63, 3.8) is 0 Å². The van der Waals surface area contributed by atoms with Crippen LogP contribution < -0.4 is 4.74 Å². The van der Waals surface area contributed by atoms with Crippen LogP contribution in [0.15, 0.2) is 54.6 Å². The molecule has 4 aliphatic rings. The van der Waals surface area contributed by atoms with E-state index in [1.807, 2.05) is 54.6 Å². The van der Waals surface area contributed by atoms with E-state index in [2.05, 4.69) is 4.90 Å². The molecular formula is C29H37N2O4+. The van der Waals surface area contributed by atoms with Crippen LogP contribution in [0.1, 0.15) is 54.1 Å². The summed E-state index contributed by atoms with van der Waals surface area (Å²) in [5.74, 6) is 1.21. The third-order valence-electron chi connectivity index (χ3n) is 8.29. The van der Waals surface area contributed by atoms with Gasteiger partial charge in [0.15, 0.2) is 6.10 Å². The number of carbonyl (C=O) groups excluding carboxylic acids is 2. The van der Waals surface area contributed by atoms with E-state index in [4.69, 9.17) is 9.47 Å². The lowest BCUT2D eigenvalue weighted by atomic mass is 9.82. The van der Waals surface area contributed by atoms with E-state index in [-0.39, 0.29) is 17.9 Å². The Bertz CT molecular complexity index is 1010. The topological polar surface area (TPSA) is 55.8 Å². The van der Waals surface area contributed by atoms with Gasteiger partial charge in [-0.3, -0.25) is 9.69 Å². The fourth-order valence-electron chi connectivity index (χ4n) is 6.27. The predicted octanol–water partition coefficient (Wildman–Crippen LogP) is 4.26. The van der Waals surface area contributed by atoms with Crippen LogP contribution in [0.4, 0.5) is 0 Å². The maximum Gasteiger partial charge on any atom is 0.328 e. The molecule has 0 saturated carbocycles. The van der Waals surface area contributed by atoms with Crippen LogP contribution in [0, 0.1) is 5.92 Å². The van der Waals surface area contributed by atoms with Gasteiger partial charge in [-0.1, -0.05) is 48.9 Å². The first-order chi connectivity index (χ1) is 17.1. The van der Waals surface area contributed by atoms with Crippen molar-refractivity contribution in [2.24, 2.45) is 5.92 Å². The second kappa shape index (κ2) is 10.5. The molecule has 2 aromatic carbocycles. The van der Waals surface area contributed by atoms with Crippen molar-refractivity contribution >= 4 is 11.8 Å². The normalized spacial score (nSPS) is 27.2. The second-order valence-corrected chi connectivity index (χ2v) is 10.5. The number of hydrogen-bond acceptors (Lipinski definition) is 5. The highest BCUT2D eigenvalue weighted by Gasteiger charge is 2.49. The number of Topliss-reactive ketones (excluding diaryl/α,β-unsaturated/α-hetero) is 1. The fraction of sp³-hybridized carbons (Fsp3) is 0.517. The first kappa shape index (κ1) is 24.0. The Morgan fingerprint density at radius 1 is 0.971 bits per heavy atom. The van der Waals surface area contributed by atoms with E-state index < -0.39 is 6.04 Å². The summed E-state index contributed by atoms with van der Waals surface area (Å²) in [6, 6.07) is 17.0. The molecular weight excluding hydrogens is 440 g/mol. The highest BCUT2D eigenvalue weighted by molar-refractivity contribution is 5.97. The van der Waals surface area contributed by atoms with Gasteiger partial charge in [-0.25, -0.2) is 4.79 Å². The molecule has 2 bridgehead atoms. The molecule has 0 aromatic heterocycles. The Kier molecular flexibility index (Phi) is 7.21. The molecule has 35 heavy (non-hydrogen) atoms. The third-order valence-corrected chi connectivity index (χ3v) is 8.29. The molecule has 2 atom stereocenters. The number of hydrogen-bond donors (Lipinski definition) is 0. The third kappa shape index (κ3) is 5.29. The summed E-state index contributed by atoms with van der Waals surface area (Å²) in [5, 5.41) is 0. The van der Waals surface area contributed by atoms with Gasteiger partial charge in [-0.05, 0) is 43.6 Å². The minimum atomic E-state index is -0.393. The van der Waals surface area contributed by atoms with E-state index in [1.54, 1.807) is 7.11 Å². The predicted molar refractivity (Wildman–Crippen MR) is 134 cm³/mol. The Morgan fingerprint density at radius 3 is 2.31 bits per heavy atom. The van der Waals surface area contributed by atoms with Gasteiger partial charge in [0.2, 0.25) is 5.78 Å². The maximum absolute atomic E-state index is 13.7. The van der Waals surface area contributed by atoms with Crippen molar-refractivity contribution in [1.29, 1.82) is 0 Å². The smallest absolute Gasteiger partial charge is 0.328 e. The number of ketones is 1. The van der Waals surface area contributed by atoms with Crippen molar-refractivity contribution in [3.8, 4) is 5.75 Å². The fourth-order valence-corrected chi connectivity index (χ4v) is 6.27. The lowest BCUT2D eigenvalue weighted by molar-refractivity contribution is -0.938. The summed E-state index contributed by atoms with van der Waals surface area (Å²) in [6.45, 7) is 5.02. The molecule has 0 amide bonds. The van der Waals surface area contributed by atoms with Crippen LogP contribution in [0.3, 0.4) is 0 Å². The molecule has 6 rings (SSSR count). The first-order valence-electron chi connectivity index (χ1n) is 13.1. The number of nitrogens with zero attached hydrogens (tertiary/aromatic N) is 2. The monoisotopic (exact) mass is 477 g/mol. The van der Waals surface area contributed by atoms with Crippen LogP contribution in [-0.2, 0) is 9.53 Å². The van der Waals surface area contributed by atoms with E-state index in [1.165, 1.54) is 6.42 Å². The first-order valence-corrected chi connectivity index (χ1v) is 13.1. The molecule has 0 N–H and O–H groups in total. The number of fused-ring (bicyclic) bond motifs is 3. The summed E-state index contributed by atoms with van der Waals surface area (Å²) in [7, 11) is 1.65. The zero-order valence-electron chi connectivity index (χ0n) is 20.7. The van der Waals surface area contributed by atoms with Crippen LogP contribution in [0.2, 0.25) is 0 Å². The number of ether oxygens (including phenoxy) is 2. The summed E-state index contributed by atoms with van der Waals surface area (Å²) in [5.41, 5.74) is 1.73. The molecule has 4 aliphatic heterocycles. The van der Waals surface area contributed by atoms with Crippen LogP contribution in [0.5, 0.6) is 5.75 Å². The van der Waals surface area contributed by atoms with Gasteiger partial charge in [-0.2, -0.15) is 0 Å². The molecule has 186 valence electrons. The lowest BCUT2D eigenvalue weighted by Gasteiger charge is -2.51. The van der Waals surface area contributed by atoms with Crippen LogP contribution in [0.25, 0.3) is 0 Å². The molecule has 4 heterocycles. The number of carbonyl (C=O) groups is 2. The number of piperidine rings is 4. The Hall–Kier alpha value is -2.70. The average molecular weight is 478 g/mol. The van der Waals surface area contributed by atoms with E-state index in [0.29, 0.717) is 12.5 Å². The largest absolute Gasteiger partial charge is 0.497 e. The summed E-state index contributed by atoms with van der Waals surface area (Å²) < 4.78 is 12.4. The second-order valence-electron chi connectivity index (χ2n) is 10.5. The number of rotatable bonds is 8. The molecule has 0 radical (unpaired) electrons. The number of esters is 1. The van der Waals surface area contributed by atoms with Crippen molar-refractivity contribution in [2.45, 2.75) is 44.2 Å². The van der Waals surface area contributed by atoms with Crippen LogP contribution >= 0.6 is 0 Å². The quantitative estimate of drug-likeness (QED) is 0.323. The zero-order valence-corrected chi connectivity index (χ0v) is 20.7. The Morgan fingerprint density at radius 2 is 1.66 bits per heavy atom. The molecule has 4 fully saturated rings. The molecule has 2 aromatic rings. The van der Waals surface area contributed by atoms with Gasteiger partial charge in [0.1, 0.15) is 24.9 Å². The number of likely N-dealkylation sites (tertiary alicyclic amines) is 1. The van der Waals surface area contributed by atoms with Gasteiger partial charge in [0.25, 0.3) is 0 Å². The van der Waals surface area contributed by atoms with E-state index in [9.17, 15) is 9.59 Å². The highest BCUT2D eigenvalue weighted by atomic mass is 16.5. The summed E-state index contributed by atoms with van der Waals surface area (Å²) in [4.78, 5) is 29.0. The molecule has 6 nitrogen and oxygen atoms in total. The Labute approximate surface area is 208 Å². The van der Waals surface area contributed by atoms with Crippen molar-refractivity contribution in [1.82, 2.24) is 4.90 Å². The summed E-state index contributed by atoms with van der Waals surface area (Å²) >= 11 is 0. The van der Waals surface area contributed by atoms with Gasteiger partial charge in [-0.15, -0.1) is 0 Å². The SMILES string of the molecule is COc1ccc(C(C(=O)O[C@H]2C[N+]3(CC(=O)c4ccccc4)CCC2CC3)N2CCCCC2)cc1. The lowest BCUT2D eigenvalue weighted by Crippen LogP contribution is -2.66.